The molecule has 1 atom stereocenters. The van der Waals surface area contributed by atoms with E-state index in [4.69, 9.17) is 4.74 Å². The number of amides is 1. The number of nitrogens with zero attached hydrogens (tertiary/aromatic N) is 4. The Labute approximate surface area is 174 Å². The van der Waals surface area contributed by atoms with Gasteiger partial charge in [-0.15, -0.1) is 5.10 Å². The number of anilines is 1. The van der Waals surface area contributed by atoms with Crippen LogP contribution in [0.5, 0.6) is 5.75 Å². The Bertz CT molecular complexity index is 985. The number of tetrazole rings is 1. The van der Waals surface area contributed by atoms with Crippen LogP contribution in [0.1, 0.15) is 37.8 Å². The fourth-order valence-corrected chi connectivity index (χ4v) is 3.72. The number of hydrogen-bond donors (Lipinski definition) is 1. The number of methoxy groups -OCH3 is 1. The summed E-state index contributed by atoms with van der Waals surface area (Å²) in [6.45, 7) is 8.08. The summed E-state index contributed by atoms with van der Waals surface area (Å²) in [5.41, 5.74) is 3.85. The lowest BCUT2D eigenvalue weighted by atomic mass is 9.98. The molecule has 1 heterocycles. The summed E-state index contributed by atoms with van der Waals surface area (Å²) >= 11 is 1.31. The molecular formula is C21H25N5O2S. The fraction of sp³-hybridized carbons (Fsp3) is 0.333. The molecule has 3 aromatic rings. The minimum Gasteiger partial charge on any atom is -0.497 e. The lowest BCUT2D eigenvalue weighted by Gasteiger charge is -2.18. The first-order valence-corrected chi connectivity index (χ1v) is 10.3. The second-order valence-corrected chi connectivity index (χ2v) is 8.32. The van der Waals surface area contributed by atoms with Crippen molar-refractivity contribution in [1.29, 1.82) is 0 Å². The number of aryl methyl sites for hydroxylation is 1. The van der Waals surface area contributed by atoms with Crippen LogP contribution in [-0.2, 0) is 4.79 Å². The summed E-state index contributed by atoms with van der Waals surface area (Å²) in [6.07, 6.45) is 0. The Balaban J connectivity index is 1.75. The molecule has 0 saturated carbocycles. The highest BCUT2D eigenvalue weighted by Crippen LogP contribution is 2.29. The predicted octanol–water partition coefficient (Wildman–Crippen LogP) is 4.22. The zero-order chi connectivity index (χ0) is 21.0. The molecule has 29 heavy (non-hydrogen) atoms. The van der Waals surface area contributed by atoms with Gasteiger partial charge in [0.2, 0.25) is 11.1 Å². The molecule has 152 valence electrons. The number of ether oxygens (including phenoxy) is 1. The first-order valence-electron chi connectivity index (χ1n) is 9.40. The third-order valence-corrected chi connectivity index (χ3v) is 5.62. The molecule has 3 rings (SSSR count). The van der Waals surface area contributed by atoms with Crippen LogP contribution in [0.4, 0.5) is 5.69 Å². The van der Waals surface area contributed by atoms with Gasteiger partial charge in [0.1, 0.15) is 5.75 Å². The van der Waals surface area contributed by atoms with Crippen molar-refractivity contribution in [3.05, 3.63) is 53.6 Å². The lowest BCUT2D eigenvalue weighted by molar-refractivity contribution is -0.115. The predicted molar refractivity (Wildman–Crippen MR) is 115 cm³/mol. The second-order valence-electron chi connectivity index (χ2n) is 7.01. The van der Waals surface area contributed by atoms with E-state index < -0.39 is 0 Å². The number of rotatable bonds is 7. The molecule has 1 amide bonds. The number of carbonyl (C=O) groups excluding carboxylic acids is 1. The number of benzene rings is 2. The molecule has 0 fully saturated rings. The summed E-state index contributed by atoms with van der Waals surface area (Å²) in [7, 11) is 1.62. The third kappa shape index (κ3) is 4.76. The molecule has 0 bridgehead atoms. The summed E-state index contributed by atoms with van der Waals surface area (Å²) in [6, 6.07) is 13.5. The Morgan fingerprint density at radius 1 is 1.14 bits per heavy atom. The molecule has 0 aliphatic heterocycles. The minimum absolute atomic E-state index is 0.0875. The van der Waals surface area contributed by atoms with Crippen LogP contribution in [0.3, 0.4) is 0 Å². The average molecular weight is 412 g/mol. The van der Waals surface area contributed by atoms with Crippen molar-refractivity contribution in [3.8, 4) is 11.4 Å². The first-order chi connectivity index (χ1) is 13.9. The van der Waals surface area contributed by atoms with Crippen molar-refractivity contribution in [2.75, 3.05) is 12.4 Å². The summed E-state index contributed by atoms with van der Waals surface area (Å²) in [5, 5.41) is 15.2. The molecular weight excluding hydrogens is 386 g/mol. The van der Waals surface area contributed by atoms with Gasteiger partial charge in [-0.05, 0) is 65.6 Å². The van der Waals surface area contributed by atoms with Crippen molar-refractivity contribution in [3.63, 3.8) is 0 Å². The SMILES string of the molecule is COc1ccc(-n2nnnc2SC(C)C(=O)Nc2c(C)cccc2C(C)C)cc1. The standard InChI is InChI=1S/C21H25N5O2S/c1-13(2)18-8-6-7-14(3)19(18)22-20(27)15(4)29-21-23-24-25-26(21)16-9-11-17(28-5)12-10-16/h6-13,15H,1-5H3,(H,22,27). The van der Waals surface area contributed by atoms with E-state index >= 15 is 0 Å². The van der Waals surface area contributed by atoms with Gasteiger partial charge in [0.15, 0.2) is 0 Å². The normalized spacial score (nSPS) is 12.1. The monoisotopic (exact) mass is 411 g/mol. The number of nitrogens with one attached hydrogen (secondary N) is 1. The van der Waals surface area contributed by atoms with E-state index in [9.17, 15) is 4.79 Å². The molecule has 1 unspecified atom stereocenters. The van der Waals surface area contributed by atoms with Gasteiger partial charge in [-0.25, -0.2) is 0 Å². The zero-order valence-electron chi connectivity index (χ0n) is 17.2. The Hall–Kier alpha value is -2.87. The van der Waals surface area contributed by atoms with Crippen molar-refractivity contribution in [2.45, 2.75) is 44.0 Å². The maximum Gasteiger partial charge on any atom is 0.237 e. The van der Waals surface area contributed by atoms with Crippen LogP contribution in [0.15, 0.2) is 47.6 Å². The highest BCUT2D eigenvalue weighted by molar-refractivity contribution is 8.00. The molecule has 0 aliphatic carbocycles. The van der Waals surface area contributed by atoms with Gasteiger partial charge >= 0.3 is 0 Å². The molecule has 2 aromatic carbocycles. The van der Waals surface area contributed by atoms with Crippen LogP contribution in [0, 0.1) is 6.92 Å². The number of para-hydroxylation sites is 1. The van der Waals surface area contributed by atoms with Crippen LogP contribution in [0.25, 0.3) is 5.69 Å². The van der Waals surface area contributed by atoms with Gasteiger partial charge in [-0.1, -0.05) is 43.8 Å². The molecule has 0 aliphatic rings. The van der Waals surface area contributed by atoms with Crippen LogP contribution in [0.2, 0.25) is 0 Å². The van der Waals surface area contributed by atoms with Crippen molar-refractivity contribution >= 4 is 23.4 Å². The maximum atomic E-state index is 12.9. The highest BCUT2D eigenvalue weighted by atomic mass is 32.2. The summed E-state index contributed by atoms with van der Waals surface area (Å²) < 4.78 is 6.80. The molecule has 1 aromatic heterocycles. The van der Waals surface area contributed by atoms with E-state index in [2.05, 4.69) is 40.8 Å². The van der Waals surface area contributed by atoms with Crippen LogP contribution >= 0.6 is 11.8 Å². The van der Waals surface area contributed by atoms with Crippen molar-refractivity contribution in [2.24, 2.45) is 0 Å². The Morgan fingerprint density at radius 2 is 1.86 bits per heavy atom. The number of aromatic nitrogens is 4. The average Bonchev–Trinajstić information content (AvgIpc) is 3.17. The van der Waals surface area contributed by atoms with Gasteiger partial charge in [0, 0.05) is 5.69 Å². The highest BCUT2D eigenvalue weighted by Gasteiger charge is 2.21. The van der Waals surface area contributed by atoms with Crippen molar-refractivity contribution in [1.82, 2.24) is 20.2 Å². The van der Waals surface area contributed by atoms with Crippen molar-refractivity contribution < 1.29 is 9.53 Å². The third-order valence-electron chi connectivity index (χ3n) is 4.58. The second kappa shape index (κ2) is 9.09. The molecule has 8 heteroatoms. The van der Waals surface area contributed by atoms with Crippen LogP contribution < -0.4 is 10.1 Å². The Morgan fingerprint density at radius 3 is 2.52 bits per heavy atom. The van der Waals surface area contributed by atoms with Gasteiger partial charge in [0.05, 0.1) is 18.0 Å². The molecule has 0 saturated heterocycles. The fourth-order valence-electron chi connectivity index (χ4n) is 2.92. The lowest BCUT2D eigenvalue weighted by Crippen LogP contribution is -2.24. The number of thioether (sulfide) groups is 1. The smallest absolute Gasteiger partial charge is 0.237 e. The Kier molecular flexibility index (Phi) is 6.53. The van der Waals surface area contributed by atoms with Gasteiger partial charge in [-0.3, -0.25) is 4.79 Å². The van der Waals surface area contributed by atoms with E-state index in [0.717, 1.165) is 28.3 Å². The van der Waals surface area contributed by atoms with E-state index in [1.165, 1.54) is 11.8 Å². The van der Waals surface area contributed by atoms with Gasteiger partial charge in [0.25, 0.3) is 0 Å². The summed E-state index contributed by atoms with van der Waals surface area (Å²) in [4.78, 5) is 12.9. The molecule has 1 N–H and O–H groups in total. The van der Waals surface area contributed by atoms with E-state index in [0.29, 0.717) is 11.1 Å². The topological polar surface area (TPSA) is 81.9 Å². The van der Waals surface area contributed by atoms with E-state index in [1.807, 2.05) is 50.2 Å². The molecule has 7 nitrogen and oxygen atoms in total. The quantitative estimate of drug-likeness (QED) is 0.586. The zero-order valence-corrected chi connectivity index (χ0v) is 18.0. The number of carbonyl (C=O) groups is 1. The van der Waals surface area contributed by atoms with E-state index in [-0.39, 0.29) is 11.2 Å². The van der Waals surface area contributed by atoms with Crippen LogP contribution in [-0.4, -0.2) is 38.5 Å². The summed E-state index contributed by atoms with van der Waals surface area (Å²) in [5.74, 6) is 0.981. The molecule has 0 radical (unpaired) electrons. The van der Waals surface area contributed by atoms with Gasteiger partial charge < -0.3 is 10.1 Å². The molecule has 0 spiro atoms. The number of hydrogen-bond acceptors (Lipinski definition) is 6. The van der Waals surface area contributed by atoms with Gasteiger partial charge in [-0.2, -0.15) is 4.68 Å². The maximum absolute atomic E-state index is 12.9. The van der Waals surface area contributed by atoms with E-state index in [1.54, 1.807) is 11.8 Å². The minimum atomic E-state index is -0.377. The largest absolute Gasteiger partial charge is 0.497 e. The first kappa shape index (κ1) is 20.9.